The highest BCUT2D eigenvalue weighted by Crippen LogP contribution is 2.60. The van der Waals surface area contributed by atoms with Crippen molar-refractivity contribution in [3.63, 3.8) is 0 Å². The molecule has 0 radical (unpaired) electrons. The highest BCUT2D eigenvalue weighted by atomic mass is 35.5. The van der Waals surface area contributed by atoms with Crippen molar-refractivity contribution in [3.05, 3.63) is 34.6 Å². The van der Waals surface area contributed by atoms with Gasteiger partial charge in [0, 0.05) is 44.6 Å². The van der Waals surface area contributed by atoms with Crippen LogP contribution in [0.25, 0.3) is 0 Å². The highest BCUT2D eigenvalue weighted by Gasteiger charge is 2.54. The van der Waals surface area contributed by atoms with Gasteiger partial charge in [0.15, 0.2) is 0 Å². The van der Waals surface area contributed by atoms with Crippen molar-refractivity contribution in [3.8, 4) is 0 Å². The van der Waals surface area contributed by atoms with Gasteiger partial charge in [-0.2, -0.15) is 0 Å². The van der Waals surface area contributed by atoms with Crippen molar-refractivity contribution in [1.82, 2.24) is 15.1 Å². The van der Waals surface area contributed by atoms with Crippen molar-refractivity contribution >= 4 is 29.3 Å². The van der Waals surface area contributed by atoms with Crippen molar-refractivity contribution in [2.24, 2.45) is 23.2 Å². The molecule has 6 nitrogen and oxygen atoms in total. The lowest BCUT2D eigenvalue weighted by Crippen LogP contribution is -2.54. The van der Waals surface area contributed by atoms with Crippen LogP contribution in [0.15, 0.2) is 18.2 Å². The summed E-state index contributed by atoms with van der Waals surface area (Å²) in [5, 5.41) is 3.16. The Morgan fingerprint density at radius 3 is 2.12 bits per heavy atom. The lowest BCUT2D eigenvalue weighted by atomic mass is 9.49. The Labute approximate surface area is 198 Å². The van der Waals surface area contributed by atoms with E-state index in [2.05, 4.69) is 5.32 Å². The first-order valence-electron chi connectivity index (χ1n) is 12.1. The van der Waals surface area contributed by atoms with Crippen molar-refractivity contribution in [2.75, 3.05) is 32.7 Å². The molecule has 5 fully saturated rings. The third-order valence-corrected chi connectivity index (χ3v) is 8.54. The quantitative estimate of drug-likeness (QED) is 0.708. The van der Waals surface area contributed by atoms with Crippen LogP contribution in [0.1, 0.15) is 55.3 Å². The number of piperazine rings is 1. The van der Waals surface area contributed by atoms with Gasteiger partial charge in [-0.25, -0.2) is 4.39 Å². The first-order chi connectivity index (χ1) is 15.8. The zero-order chi connectivity index (χ0) is 23.2. The number of hydrogen-bond acceptors (Lipinski definition) is 3. The predicted octanol–water partition coefficient (Wildman–Crippen LogP) is 3.49. The van der Waals surface area contributed by atoms with E-state index < -0.39 is 5.82 Å². The first kappa shape index (κ1) is 22.6. The number of hydrogen-bond donors (Lipinski definition) is 1. The van der Waals surface area contributed by atoms with E-state index in [1.54, 1.807) is 9.80 Å². The molecule has 178 valence electrons. The molecule has 33 heavy (non-hydrogen) atoms. The number of carbonyl (C=O) groups excluding carboxylic acids is 3. The van der Waals surface area contributed by atoms with E-state index in [0.29, 0.717) is 50.5 Å². The molecule has 0 aromatic heterocycles. The minimum Gasteiger partial charge on any atom is -0.355 e. The molecule has 0 unspecified atom stereocenters. The molecule has 4 aliphatic carbocycles. The molecule has 6 rings (SSSR count). The summed E-state index contributed by atoms with van der Waals surface area (Å²) in [6, 6.07) is 3.74. The summed E-state index contributed by atoms with van der Waals surface area (Å²) in [7, 11) is 0. The average molecular weight is 476 g/mol. The number of rotatable bonds is 5. The van der Waals surface area contributed by atoms with E-state index in [1.807, 2.05) is 0 Å². The number of nitrogens with zero attached hydrogens (tertiary/aromatic N) is 2. The lowest BCUT2D eigenvalue weighted by molar-refractivity contribution is -0.146. The van der Waals surface area contributed by atoms with Gasteiger partial charge in [-0.05, 0) is 74.5 Å². The average Bonchev–Trinajstić information content (AvgIpc) is 2.78. The number of benzene rings is 1. The maximum Gasteiger partial charge on any atom is 0.255 e. The van der Waals surface area contributed by atoms with Crippen LogP contribution >= 0.6 is 11.6 Å². The van der Waals surface area contributed by atoms with E-state index in [4.69, 9.17) is 11.6 Å². The SMILES string of the molecule is O=C(CCNC(=O)C12CC3CC(CC(C3)C1)C2)N1CCN(C(=O)c2ccc(F)cc2Cl)CC1. The molecule has 4 saturated carbocycles. The topological polar surface area (TPSA) is 69.7 Å². The molecule has 0 atom stereocenters. The second kappa shape index (κ2) is 8.90. The Bertz CT molecular complexity index is 925. The van der Waals surface area contributed by atoms with Gasteiger partial charge in [-0.15, -0.1) is 0 Å². The van der Waals surface area contributed by atoms with Crippen LogP contribution < -0.4 is 5.32 Å². The molecule has 1 N–H and O–H groups in total. The summed E-state index contributed by atoms with van der Waals surface area (Å²) in [6.07, 6.45) is 7.23. The van der Waals surface area contributed by atoms with Crippen LogP contribution in [-0.4, -0.2) is 60.2 Å². The standard InChI is InChI=1S/C25H31ClFN3O3/c26-21-12-19(27)1-2-20(21)23(32)30-7-5-29(6-8-30)22(31)3-4-28-24(33)25-13-16-9-17(14-25)11-18(10-16)15-25/h1-2,12,16-18H,3-11,13-15H2,(H,28,33). The normalized spacial score (nSPS) is 30.4. The van der Waals surface area contributed by atoms with Gasteiger partial charge in [0.05, 0.1) is 10.6 Å². The summed E-state index contributed by atoms with van der Waals surface area (Å²) in [5.74, 6) is 1.55. The first-order valence-corrected chi connectivity index (χ1v) is 12.5. The largest absolute Gasteiger partial charge is 0.355 e. The fourth-order valence-corrected chi connectivity index (χ4v) is 7.26. The molecule has 1 aliphatic heterocycles. The molecule has 4 bridgehead atoms. The van der Waals surface area contributed by atoms with Crippen molar-refractivity contribution in [2.45, 2.75) is 44.9 Å². The molecule has 1 aromatic rings. The smallest absolute Gasteiger partial charge is 0.255 e. The highest BCUT2D eigenvalue weighted by molar-refractivity contribution is 6.33. The molecule has 0 spiro atoms. The van der Waals surface area contributed by atoms with Crippen LogP contribution in [0, 0.1) is 29.0 Å². The van der Waals surface area contributed by atoms with Crippen LogP contribution in [0.4, 0.5) is 4.39 Å². The van der Waals surface area contributed by atoms with Gasteiger partial charge < -0.3 is 15.1 Å². The van der Waals surface area contributed by atoms with E-state index in [0.717, 1.165) is 25.3 Å². The van der Waals surface area contributed by atoms with Gasteiger partial charge in [-0.1, -0.05) is 11.6 Å². The molecule has 5 aliphatic rings. The van der Waals surface area contributed by atoms with E-state index in [1.165, 1.54) is 31.4 Å². The number of nitrogens with one attached hydrogen (secondary N) is 1. The summed E-state index contributed by atoms with van der Waals surface area (Å²) in [5.41, 5.74) is 0.0797. The Morgan fingerprint density at radius 1 is 0.970 bits per heavy atom. The Hall–Kier alpha value is -2.15. The predicted molar refractivity (Wildman–Crippen MR) is 122 cm³/mol. The third-order valence-electron chi connectivity index (χ3n) is 8.23. The summed E-state index contributed by atoms with van der Waals surface area (Å²) >= 11 is 6.02. The molecular formula is C25H31ClFN3O3. The van der Waals surface area contributed by atoms with E-state index in [-0.39, 0.29) is 40.1 Å². The van der Waals surface area contributed by atoms with E-state index in [9.17, 15) is 18.8 Å². The number of halogens is 2. The zero-order valence-corrected chi connectivity index (χ0v) is 19.6. The van der Waals surface area contributed by atoms with Crippen LogP contribution in [0.5, 0.6) is 0 Å². The fourth-order valence-electron chi connectivity index (χ4n) is 7.01. The van der Waals surface area contributed by atoms with Crippen LogP contribution in [0.3, 0.4) is 0 Å². The van der Waals surface area contributed by atoms with Crippen molar-refractivity contribution in [1.29, 1.82) is 0 Å². The third kappa shape index (κ3) is 4.48. The van der Waals surface area contributed by atoms with E-state index >= 15 is 0 Å². The Morgan fingerprint density at radius 2 is 1.55 bits per heavy atom. The summed E-state index contributed by atoms with van der Waals surface area (Å²) in [6.45, 7) is 2.04. The van der Waals surface area contributed by atoms with Gasteiger partial charge >= 0.3 is 0 Å². The summed E-state index contributed by atoms with van der Waals surface area (Å²) < 4.78 is 13.3. The van der Waals surface area contributed by atoms with Crippen LogP contribution in [0.2, 0.25) is 5.02 Å². The second-order valence-corrected chi connectivity index (χ2v) is 10.9. The number of carbonyl (C=O) groups is 3. The van der Waals surface area contributed by atoms with Gasteiger partial charge in [0.2, 0.25) is 11.8 Å². The van der Waals surface area contributed by atoms with Crippen molar-refractivity contribution < 1.29 is 18.8 Å². The Balaban J connectivity index is 1.07. The fraction of sp³-hybridized carbons (Fsp3) is 0.640. The zero-order valence-electron chi connectivity index (χ0n) is 18.8. The molecule has 8 heteroatoms. The lowest BCUT2D eigenvalue weighted by Gasteiger charge is -2.55. The second-order valence-electron chi connectivity index (χ2n) is 10.5. The Kier molecular flexibility index (Phi) is 6.10. The molecule has 3 amide bonds. The van der Waals surface area contributed by atoms with Gasteiger partial charge in [0.1, 0.15) is 5.82 Å². The molecule has 1 saturated heterocycles. The maximum atomic E-state index is 13.3. The minimum atomic E-state index is -0.484. The molecule has 1 heterocycles. The molecular weight excluding hydrogens is 445 g/mol. The minimum absolute atomic E-state index is 0.00674. The maximum absolute atomic E-state index is 13.3. The summed E-state index contributed by atoms with van der Waals surface area (Å²) in [4.78, 5) is 41.8. The monoisotopic (exact) mass is 475 g/mol. The van der Waals surface area contributed by atoms with Gasteiger partial charge in [-0.3, -0.25) is 14.4 Å². The molecule has 1 aromatic carbocycles. The van der Waals surface area contributed by atoms with Crippen LogP contribution in [-0.2, 0) is 9.59 Å². The number of amides is 3. The van der Waals surface area contributed by atoms with Gasteiger partial charge in [0.25, 0.3) is 5.91 Å².